The molecule has 3 rings (SSSR count). The maximum absolute atomic E-state index is 12.0. The molecule has 0 aromatic rings. The monoisotopic (exact) mass is 210 g/mol. The Balaban J connectivity index is 2.47. The van der Waals surface area contributed by atoms with Gasteiger partial charge in [-0.2, -0.15) is 0 Å². The zero-order valence-corrected chi connectivity index (χ0v) is 9.59. The van der Waals surface area contributed by atoms with E-state index in [0.717, 1.165) is 6.42 Å². The van der Waals surface area contributed by atoms with E-state index in [-0.39, 0.29) is 23.0 Å². The van der Waals surface area contributed by atoms with E-state index in [2.05, 4.69) is 0 Å². The summed E-state index contributed by atoms with van der Waals surface area (Å²) in [6, 6.07) is 0. The first kappa shape index (κ1) is 10.7. The van der Waals surface area contributed by atoms with E-state index in [1.165, 1.54) is 0 Å². The molecule has 0 radical (unpaired) electrons. The lowest BCUT2D eigenvalue weighted by Gasteiger charge is -2.58. The summed E-state index contributed by atoms with van der Waals surface area (Å²) in [4.78, 5) is 23.4. The third-order valence-electron chi connectivity index (χ3n) is 4.95. The van der Waals surface area contributed by atoms with Gasteiger partial charge in [-0.1, -0.05) is 20.8 Å². The van der Waals surface area contributed by atoms with Gasteiger partial charge >= 0.3 is 5.97 Å². The summed E-state index contributed by atoms with van der Waals surface area (Å²) in [5.74, 6) is -0.641. The van der Waals surface area contributed by atoms with Gasteiger partial charge in [-0.25, -0.2) is 0 Å². The van der Waals surface area contributed by atoms with E-state index >= 15 is 0 Å². The predicted molar refractivity (Wildman–Crippen MR) is 55.4 cm³/mol. The lowest BCUT2D eigenvalue weighted by molar-refractivity contribution is -0.179. The topological polar surface area (TPSA) is 54.4 Å². The van der Waals surface area contributed by atoms with Crippen molar-refractivity contribution in [3.8, 4) is 0 Å². The van der Waals surface area contributed by atoms with E-state index in [1.807, 2.05) is 20.8 Å². The van der Waals surface area contributed by atoms with Crippen LogP contribution in [0.25, 0.3) is 0 Å². The molecule has 3 aliphatic rings. The molecule has 3 aliphatic carbocycles. The Morgan fingerprint density at radius 2 is 1.87 bits per heavy atom. The van der Waals surface area contributed by atoms with E-state index in [1.54, 1.807) is 0 Å². The van der Waals surface area contributed by atoms with Gasteiger partial charge in [0.2, 0.25) is 0 Å². The van der Waals surface area contributed by atoms with Crippen LogP contribution in [-0.2, 0) is 9.59 Å². The molecule has 84 valence electrons. The third-order valence-corrected chi connectivity index (χ3v) is 4.95. The fourth-order valence-corrected chi connectivity index (χ4v) is 3.39. The number of fused-ring (bicyclic) bond motifs is 3. The second kappa shape index (κ2) is 2.63. The molecule has 0 spiro atoms. The Bertz CT molecular complexity index is 345. The lowest BCUT2D eigenvalue weighted by atomic mass is 9.44. The third kappa shape index (κ3) is 1.12. The summed E-state index contributed by atoms with van der Waals surface area (Å²) >= 11 is 0. The van der Waals surface area contributed by atoms with E-state index < -0.39 is 11.4 Å². The normalized spacial score (nSPS) is 43.0. The summed E-state index contributed by atoms with van der Waals surface area (Å²) in [5, 5.41) is 9.30. The van der Waals surface area contributed by atoms with Crippen LogP contribution in [0.5, 0.6) is 0 Å². The fraction of sp³-hybridized carbons (Fsp3) is 0.833. The lowest BCUT2D eigenvalue weighted by Crippen LogP contribution is -2.59. The van der Waals surface area contributed by atoms with Gasteiger partial charge in [0.05, 0.1) is 5.41 Å². The highest BCUT2D eigenvalue weighted by Gasteiger charge is 2.63. The highest BCUT2D eigenvalue weighted by molar-refractivity contribution is 5.93. The predicted octanol–water partition coefficient (Wildman–Crippen LogP) is 2.25. The van der Waals surface area contributed by atoms with Crippen molar-refractivity contribution in [3.63, 3.8) is 0 Å². The highest BCUT2D eigenvalue weighted by atomic mass is 16.4. The number of carboxylic acid groups (broad SMARTS) is 1. The minimum absolute atomic E-state index is 0.146. The number of aliphatic carboxylic acids is 1. The minimum atomic E-state index is -0.786. The Morgan fingerprint density at radius 1 is 1.27 bits per heavy atom. The SMILES string of the molecule is CC1(C)C[C@@]2(C(=O)O)CC[C@@]1(C)C(=O)C2. The Hall–Kier alpha value is -0.860. The molecular formula is C12H18O3. The van der Waals surface area contributed by atoms with Crippen LogP contribution in [0, 0.1) is 16.2 Å². The van der Waals surface area contributed by atoms with Crippen molar-refractivity contribution in [2.24, 2.45) is 16.2 Å². The maximum Gasteiger partial charge on any atom is 0.310 e. The van der Waals surface area contributed by atoms with Crippen LogP contribution in [0.2, 0.25) is 0 Å². The first-order valence-corrected chi connectivity index (χ1v) is 5.50. The van der Waals surface area contributed by atoms with Gasteiger partial charge in [0.15, 0.2) is 0 Å². The van der Waals surface area contributed by atoms with Crippen molar-refractivity contribution in [2.75, 3.05) is 0 Å². The first-order chi connectivity index (χ1) is 6.74. The van der Waals surface area contributed by atoms with Gasteiger partial charge in [0.1, 0.15) is 5.78 Å². The number of rotatable bonds is 1. The van der Waals surface area contributed by atoms with Gasteiger partial charge in [0.25, 0.3) is 0 Å². The second-order valence-corrected chi connectivity index (χ2v) is 6.08. The summed E-state index contributed by atoms with van der Waals surface area (Å²) in [6.07, 6.45) is 2.26. The van der Waals surface area contributed by atoms with Crippen LogP contribution < -0.4 is 0 Å². The summed E-state index contributed by atoms with van der Waals surface area (Å²) in [7, 11) is 0. The van der Waals surface area contributed by atoms with Crippen LogP contribution in [0.15, 0.2) is 0 Å². The highest BCUT2D eigenvalue weighted by Crippen LogP contribution is 2.63. The van der Waals surface area contributed by atoms with E-state index in [4.69, 9.17) is 0 Å². The number of Topliss-reactive ketones (excluding diaryl/α,β-unsaturated/α-hetero) is 1. The molecule has 2 atom stereocenters. The van der Waals surface area contributed by atoms with Crippen LogP contribution in [0.1, 0.15) is 46.5 Å². The Kier molecular flexibility index (Phi) is 1.87. The molecule has 15 heavy (non-hydrogen) atoms. The average molecular weight is 210 g/mol. The molecular weight excluding hydrogens is 192 g/mol. The number of carbonyl (C=O) groups is 2. The molecule has 0 aliphatic heterocycles. The molecule has 3 saturated carbocycles. The Morgan fingerprint density at radius 3 is 2.27 bits per heavy atom. The van der Waals surface area contributed by atoms with Gasteiger partial charge in [0, 0.05) is 11.8 Å². The smallest absolute Gasteiger partial charge is 0.310 e. The van der Waals surface area contributed by atoms with Crippen LogP contribution in [0.3, 0.4) is 0 Å². The molecule has 0 unspecified atom stereocenters. The standard InChI is InChI=1S/C12H18O3/c1-10(2)7-12(9(14)15)5-4-11(10,3)8(13)6-12/h4-7H2,1-3H3,(H,14,15)/t11-,12+/m0/s1. The molecule has 0 amide bonds. The maximum atomic E-state index is 12.0. The molecule has 2 bridgehead atoms. The van der Waals surface area contributed by atoms with E-state index in [0.29, 0.717) is 12.8 Å². The molecule has 0 saturated heterocycles. The number of hydrogen-bond donors (Lipinski definition) is 1. The fourth-order valence-electron chi connectivity index (χ4n) is 3.39. The van der Waals surface area contributed by atoms with Crippen molar-refractivity contribution in [2.45, 2.75) is 46.5 Å². The molecule has 0 aromatic carbocycles. The van der Waals surface area contributed by atoms with Crippen LogP contribution >= 0.6 is 0 Å². The van der Waals surface area contributed by atoms with Crippen molar-refractivity contribution in [1.29, 1.82) is 0 Å². The van der Waals surface area contributed by atoms with E-state index in [9.17, 15) is 14.7 Å². The quantitative estimate of drug-likeness (QED) is 0.722. The van der Waals surface area contributed by atoms with Crippen molar-refractivity contribution >= 4 is 11.8 Å². The molecule has 0 heterocycles. The molecule has 3 fully saturated rings. The zero-order chi connectivity index (χ0) is 11.5. The Labute approximate surface area is 89.9 Å². The molecule has 1 N–H and O–H groups in total. The second-order valence-electron chi connectivity index (χ2n) is 6.08. The van der Waals surface area contributed by atoms with Crippen molar-refractivity contribution in [3.05, 3.63) is 0 Å². The zero-order valence-electron chi connectivity index (χ0n) is 9.59. The summed E-state index contributed by atoms with van der Waals surface area (Å²) in [6.45, 7) is 6.06. The molecule has 3 heteroatoms. The average Bonchev–Trinajstić information content (AvgIpc) is 2.08. The number of carboxylic acids is 1. The minimum Gasteiger partial charge on any atom is -0.481 e. The van der Waals surface area contributed by atoms with Crippen molar-refractivity contribution in [1.82, 2.24) is 0 Å². The largest absolute Gasteiger partial charge is 0.481 e. The number of hydrogen-bond acceptors (Lipinski definition) is 2. The van der Waals surface area contributed by atoms with Gasteiger partial charge < -0.3 is 5.11 Å². The summed E-state index contributed by atoms with van der Waals surface area (Å²) in [5.41, 5.74) is -1.25. The molecule has 0 aromatic heterocycles. The van der Waals surface area contributed by atoms with Gasteiger partial charge in [-0.3, -0.25) is 9.59 Å². The summed E-state index contributed by atoms with van der Waals surface area (Å²) < 4.78 is 0. The number of ketones is 1. The first-order valence-electron chi connectivity index (χ1n) is 5.50. The van der Waals surface area contributed by atoms with Crippen molar-refractivity contribution < 1.29 is 14.7 Å². The van der Waals surface area contributed by atoms with Crippen LogP contribution in [-0.4, -0.2) is 16.9 Å². The molecule has 3 nitrogen and oxygen atoms in total. The van der Waals surface area contributed by atoms with Gasteiger partial charge in [-0.05, 0) is 24.7 Å². The van der Waals surface area contributed by atoms with Gasteiger partial charge in [-0.15, -0.1) is 0 Å². The number of carbonyl (C=O) groups excluding carboxylic acids is 1. The van der Waals surface area contributed by atoms with Crippen LogP contribution in [0.4, 0.5) is 0 Å².